The summed E-state index contributed by atoms with van der Waals surface area (Å²) >= 11 is 0. The Bertz CT molecular complexity index is 489. The van der Waals surface area contributed by atoms with E-state index < -0.39 is 0 Å². The Morgan fingerprint density at radius 3 is 2.90 bits per heavy atom. The Labute approximate surface area is 124 Å². The second kappa shape index (κ2) is 6.33. The van der Waals surface area contributed by atoms with E-state index in [0.29, 0.717) is 17.1 Å². The number of ether oxygens (including phenoxy) is 2. The first-order valence-corrected chi connectivity index (χ1v) is 6.63. The SMILES string of the molecule is CN(C(=O)c1ccc2c(c1)OCO2)[C@H]1CCCNC1.Cl. The number of hydrogen-bond acceptors (Lipinski definition) is 4. The van der Waals surface area contributed by atoms with Gasteiger partial charge in [-0.1, -0.05) is 0 Å². The largest absolute Gasteiger partial charge is 0.454 e. The number of piperidine rings is 1. The summed E-state index contributed by atoms with van der Waals surface area (Å²) in [5.74, 6) is 1.39. The summed E-state index contributed by atoms with van der Waals surface area (Å²) in [5.41, 5.74) is 0.650. The molecular weight excluding hydrogens is 280 g/mol. The molecule has 1 atom stereocenters. The molecule has 1 N–H and O–H groups in total. The second-order valence-electron chi connectivity index (χ2n) is 4.98. The molecule has 0 aromatic heterocycles. The molecular formula is C14H19ClN2O3. The van der Waals surface area contributed by atoms with E-state index in [1.54, 1.807) is 18.2 Å². The third-order valence-corrected chi connectivity index (χ3v) is 3.76. The maximum Gasteiger partial charge on any atom is 0.254 e. The number of nitrogens with zero attached hydrogens (tertiary/aromatic N) is 1. The lowest BCUT2D eigenvalue weighted by molar-refractivity contribution is 0.0708. The summed E-state index contributed by atoms with van der Waals surface area (Å²) < 4.78 is 10.6. The van der Waals surface area contributed by atoms with Gasteiger partial charge in [0.05, 0.1) is 0 Å². The average molecular weight is 299 g/mol. The Kier molecular flexibility index (Phi) is 4.73. The summed E-state index contributed by atoms with van der Waals surface area (Å²) in [6.45, 7) is 2.14. The lowest BCUT2D eigenvalue weighted by Crippen LogP contribution is -2.46. The first kappa shape index (κ1) is 14.9. The van der Waals surface area contributed by atoms with Gasteiger partial charge < -0.3 is 19.7 Å². The molecule has 2 aliphatic heterocycles. The van der Waals surface area contributed by atoms with Gasteiger partial charge in [0.15, 0.2) is 11.5 Å². The minimum absolute atomic E-state index is 0. The molecule has 1 aromatic carbocycles. The van der Waals surface area contributed by atoms with Gasteiger partial charge >= 0.3 is 0 Å². The van der Waals surface area contributed by atoms with E-state index in [1.165, 1.54) is 0 Å². The van der Waals surface area contributed by atoms with Crippen molar-refractivity contribution < 1.29 is 14.3 Å². The molecule has 110 valence electrons. The van der Waals surface area contributed by atoms with Crippen LogP contribution in [0.15, 0.2) is 18.2 Å². The van der Waals surface area contributed by atoms with Crippen LogP contribution in [0.2, 0.25) is 0 Å². The van der Waals surface area contributed by atoms with E-state index in [-0.39, 0.29) is 31.1 Å². The lowest BCUT2D eigenvalue weighted by Gasteiger charge is -2.31. The maximum absolute atomic E-state index is 12.4. The average Bonchev–Trinajstić information content (AvgIpc) is 2.94. The number of hydrogen-bond donors (Lipinski definition) is 1. The zero-order chi connectivity index (χ0) is 13.2. The van der Waals surface area contributed by atoms with E-state index in [1.807, 2.05) is 11.9 Å². The second-order valence-corrected chi connectivity index (χ2v) is 4.98. The quantitative estimate of drug-likeness (QED) is 0.902. The molecule has 1 aromatic rings. The highest BCUT2D eigenvalue weighted by Gasteiger charge is 2.24. The molecule has 0 saturated carbocycles. The van der Waals surface area contributed by atoms with Crippen molar-refractivity contribution in [2.24, 2.45) is 0 Å². The van der Waals surface area contributed by atoms with Gasteiger partial charge in [-0.15, -0.1) is 12.4 Å². The fourth-order valence-corrected chi connectivity index (χ4v) is 2.56. The van der Waals surface area contributed by atoms with Crippen molar-refractivity contribution in [1.82, 2.24) is 10.2 Å². The van der Waals surface area contributed by atoms with Crippen molar-refractivity contribution in [3.05, 3.63) is 23.8 Å². The fraction of sp³-hybridized carbons (Fsp3) is 0.500. The van der Waals surface area contributed by atoms with Gasteiger partial charge in [0, 0.05) is 25.2 Å². The molecule has 0 spiro atoms. The van der Waals surface area contributed by atoms with Crippen molar-refractivity contribution in [3.8, 4) is 11.5 Å². The van der Waals surface area contributed by atoms with Crippen LogP contribution in [0, 0.1) is 0 Å². The summed E-state index contributed by atoms with van der Waals surface area (Å²) in [7, 11) is 1.87. The van der Waals surface area contributed by atoms with Gasteiger partial charge in [-0.3, -0.25) is 4.79 Å². The monoisotopic (exact) mass is 298 g/mol. The van der Waals surface area contributed by atoms with E-state index in [9.17, 15) is 4.79 Å². The fourth-order valence-electron chi connectivity index (χ4n) is 2.56. The zero-order valence-corrected chi connectivity index (χ0v) is 12.2. The van der Waals surface area contributed by atoms with Crippen LogP contribution in [-0.4, -0.2) is 43.8 Å². The van der Waals surface area contributed by atoms with Crippen LogP contribution in [0.25, 0.3) is 0 Å². The van der Waals surface area contributed by atoms with Gasteiger partial charge in [-0.25, -0.2) is 0 Å². The number of benzene rings is 1. The number of nitrogens with one attached hydrogen (secondary N) is 1. The number of amides is 1. The van der Waals surface area contributed by atoms with Crippen LogP contribution < -0.4 is 14.8 Å². The number of halogens is 1. The first-order chi connectivity index (χ1) is 9.25. The Balaban J connectivity index is 0.00000147. The van der Waals surface area contributed by atoms with Crippen molar-refractivity contribution >= 4 is 18.3 Å². The molecule has 6 heteroatoms. The number of carbonyl (C=O) groups excluding carboxylic acids is 1. The van der Waals surface area contributed by atoms with Crippen molar-refractivity contribution in [2.45, 2.75) is 18.9 Å². The van der Waals surface area contributed by atoms with E-state index in [0.717, 1.165) is 25.9 Å². The molecule has 1 amide bonds. The van der Waals surface area contributed by atoms with Crippen molar-refractivity contribution in [3.63, 3.8) is 0 Å². The molecule has 0 radical (unpaired) electrons. The molecule has 1 saturated heterocycles. The Morgan fingerprint density at radius 2 is 2.15 bits per heavy atom. The van der Waals surface area contributed by atoms with Crippen LogP contribution >= 0.6 is 12.4 Å². The lowest BCUT2D eigenvalue weighted by atomic mass is 10.1. The number of fused-ring (bicyclic) bond motifs is 1. The smallest absolute Gasteiger partial charge is 0.254 e. The van der Waals surface area contributed by atoms with E-state index >= 15 is 0 Å². The number of likely N-dealkylation sites (N-methyl/N-ethyl adjacent to an activating group) is 1. The zero-order valence-electron chi connectivity index (χ0n) is 11.4. The standard InChI is InChI=1S/C14H18N2O3.ClH/c1-16(11-3-2-6-15-8-11)14(17)10-4-5-12-13(7-10)19-9-18-12;/h4-5,7,11,15H,2-3,6,8-9H2,1H3;1H/t11-;/m0./s1. The minimum Gasteiger partial charge on any atom is -0.454 e. The normalized spacial score (nSPS) is 20.1. The Hall–Kier alpha value is -1.46. The predicted octanol–water partition coefficient (Wildman–Crippen LogP) is 1.66. The topological polar surface area (TPSA) is 50.8 Å². The van der Waals surface area contributed by atoms with Gasteiger partial charge in [0.2, 0.25) is 6.79 Å². The van der Waals surface area contributed by atoms with Crippen LogP contribution in [0.3, 0.4) is 0 Å². The molecule has 2 heterocycles. The maximum atomic E-state index is 12.4. The van der Waals surface area contributed by atoms with Gasteiger partial charge in [-0.05, 0) is 37.6 Å². The van der Waals surface area contributed by atoms with Gasteiger partial charge in [0.1, 0.15) is 0 Å². The number of rotatable bonds is 2. The van der Waals surface area contributed by atoms with E-state index in [4.69, 9.17) is 9.47 Å². The molecule has 5 nitrogen and oxygen atoms in total. The highest BCUT2D eigenvalue weighted by molar-refractivity contribution is 5.95. The summed E-state index contributed by atoms with van der Waals surface area (Å²) in [4.78, 5) is 14.3. The van der Waals surface area contributed by atoms with E-state index in [2.05, 4.69) is 5.32 Å². The van der Waals surface area contributed by atoms with Crippen LogP contribution in [0.4, 0.5) is 0 Å². The van der Waals surface area contributed by atoms with Gasteiger partial charge in [0.25, 0.3) is 5.91 Å². The molecule has 0 aliphatic carbocycles. The molecule has 20 heavy (non-hydrogen) atoms. The van der Waals surface area contributed by atoms with Gasteiger partial charge in [-0.2, -0.15) is 0 Å². The molecule has 2 aliphatic rings. The molecule has 3 rings (SSSR count). The molecule has 1 fully saturated rings. The summed E-state index contributed by atoms with van der Waals surface area (Å²) in [5, 5.41) is 3.33. The summed E-state index contributed by atoms with van der Waals surface area (Å²) in [6, 6.07) is 5.62. The highest BCUT2D eigenvalue weighted by Crippen LogP contribution is 2.32. The van der Waals surface area contributed by atoms with Crippen LogP contribution in [-0.2, 0) is 0 Å². The number of carbonyl (C=O) groups is 1. The molecule has 0 unspecified atom stereocenters. The third kappa shape index (κ3) is 2.83. The van der Waals surface area contributed by atoms with Crippen LogP contribution in [0.1, 0.15) is 23.2 Å². The molecule has 0 bridgehead atoms. The van der Waals surface area contributed by atoms with Crippen molar-refractivity contribution in [2.75, 3.05) is 26.9 Å². The predicted molar refractivity (Wildman–Crippen MR) is 77.8 cm³/mol. The van der Waals surface area contributed by atoms with Crippen LogP contribution in [0.5, 0.6) is 11.5 Å². The third-order valence-electron chi connectivity index (χ3n) is 3.76. The summed E-state index contributed by atoms with van der Waals surface area (Å²) in [6.07, 6.45) is 2.17. The first-order valence-electron chi connectivity index (χ1n) is 6.63. The van der Waals surface area contributed by atoms with Crippen molar-refractivity contribution in [1.29, 1.82) is 0 Å². The Morgan fingerprint density at radius 1 is 1.35 bits per heavy atom. The minimum atomic E-state index is 0. The highest BCUT2D eigenvalue weighted by atomic mass is 35.5.